The van der Waals surface area contributed by atoms with Gasteiger partial charge in [-0.1, -0.05) is 57.1 Å². The second-order valence-electron chi connectivity index (χ2n) is 5.60. The number of hydrogen-bond acceptors (Lipinski definition) is 2. The van der Waals surface area contributed by atoms with Crippen molar-refractivity contribution in [3.8, 4) is 0 Å². The Morgan fingerprint density at radius 3 is 2.11 bits per heavy atom. The van der Waals surface area contributed by atoms with Crippen LogP contribution in [-0.2, 0) is 10.0 Å². The van der Waals surface area contributed by atoms with Gasteiger partial charge in [-0.05, 0) is 5.92 Å². The molecule has 0 aromatic carbocycles. The van der Waals surface area contributed by atoms with E-state index in [0.717, 1.165) is 0 Å². The van der Waals surface area contributed by atoms with E-state index >= 15 is 0 Å². The van der Waals surface area contributed by atoms with Gasteiger partial charge in [0, 0.05) is 13.1 Å². The Labute approximate surface area is 113 Å². The summed E-state index contributed by atoms with van der Waals surface area (Å²) in [5.41, 5.74) is 3.86. The standard InChI is InChI=1S/C13H27NO2SSi/c1-6-18(7-2,8-3)11-13-10-14(9-12(13)4)17(5,15)16/h11-12H,6-10H2,1-5H3/b13-11-. The average molecular weight is 290 g/mol. The first-order chi connectivity index (χ1) is 8.28. The molecule has 5 heteroatoms. The molecule has 0 radical (unpaired) electrons. The molecule has 0 N–H and O–H groups in total. The molecule has 1 aliphatic rings. The quantitative estimate of drug-likeness (QED) is 0.730. The van der Waals surface area contributed by atoms with Crippen LogP contribution in [0.1, 0.15) is 27.7 Å². The normalized spacial score (nSPS) is 24.9. The van der Waals surface area contributed by atoms with Crippen LogP contribution in [0.4, 0.5) is 0 Å². The van der Waals surface area contributed by atoms with Crippen molar-refractivity contribution in [1.82, 2.24) is 4.31 Å². The molecule has 0 aromatic rings. The lowest BCUT2D eigenvalue weighted by Gasteiger charge is -2.25. The van der Waals surface area contributed by atoms with Crippen LogP contribution in [0.2, 0.25) is 18.1 Å². The number of rotatable bonds is 5. The van der Waals surface area contributed by atoms with Gasteiger partial charge in [0.15, 0.2) is 0 Å². The van der Waals surface area contributed by atoms with E-state index in [1.165, 1.54) is 30.0 Å². The molecule has 0 spiro atoms. The zero-order valence-corrected chi connectivity index (χ0v) is 14.2. The lowest BCUT2D eigenvalue weighted by Crippen LogP contribution is -2.30. The van der Waals surface area contributed by atoms with Crippen molar-refractivity contribution in [2.75, 3.05) is 19.3 Å². The molecule has 0 aliphatic carbocycles. The maximum Gasteiger partial charge on any atom is 0.211 e. The Bertz CT molecular complexity index is 404. The molecule has 1 aliphatic heterocycles. The molecule has 1 fully saturated rings. The third-order valence-corrected chi connectivity index (χ3v) is 11.0. The molecule has 0 saturated carbocycles. The molecular weight excluding hydrogens is 262 g/mol. The molecule has 1 heterocycles. The van der Waals surface area contributed by atoms with Gasteiger partial charge >= 0.3 is 0 Å². The minimum atomic E-state index is -3.04. The van der Waals surface area contributed by atoms with Gasteiger partial charge in [-0.15, -0.1) is 0 Å². The summed E-state index contributed by atoms with van der Waals surface area (Å²) in [6.07, 6.45) is 1.31. The topological polar surface area (TPSA) is 37.4 Å². The molecular formula is C13H27NO2SSi. The summed E-state index contributed by atoms with van der Waals surface area (Å²) < 4.78 is 24.8. The van der Waals surface area contributed by atoms with Crippen LogP contribution in [0.15, 0.2) is 11.3 Å². The SMILES string of the molecule is CC[Si](/C=C1/CN(S(C)(=O)=O)CC1C)(CC)CC. The lowest BCUT2D eigenvalue weighted by molar-refractivity contribution is 0.469. The summed E-state index contributed by atoms with van der Waals surface area (Å²) in [5.74, 6) is 0.385. The van der Waals surface area contributed by atoms with Crippen molar-refractivity contribution in [2.24, 2.45) is 5.92 Å². The van der Waals surface area contributed by atoms with Gasteiger partial charge in [-0.25, -0.2) is 8.42 Å². The van der Waals surface area contributed by atoms with Crippen LogP contribution < -0.4 is 0 Å². The van der Waals surface area contributed by atoms with E-state index in [1.807, 2.05) is 0 Å². The van der Waals surface area contributed by atoms with Gasteiger partial charge in [0.05, 0.1) is 14.3 Å². The monoisotopic (exact) mass is 289 g/mol. The second kappa shape index (κ2) is 5.88. The van der Waals surface area contributed by atoms with Crippen LogP contribution in [0.5, 0.6) is 0 Å². The molecule has 1 atom stereocenters. The van der Waals surface area contributed by atoms with Crippen LogP contribution in [-0.4, -0.2) is 40.1 Å². The highest BCUT2D eigenvalue weighted by molar-refractivity contribution is 7.88. The molecule has 0 bridgehead atoms. The van der Waals surface area contributed by atoms with Gasteiger partial charge in [-0.2, -0.15) is 4.31 Å². The fraction of sp³-hybridized carbons (Fsp3) is 0.846. The first kappa shape index (κ1) is 15.9. The molecule has 1 unspecified atom stereocenters. The van der Waals surface area contributed by atoms with Crippen molar-refractivity contribution >= 4 is 18.1 Å². The van der Waals surface area contributed by atoms with Crippen molar-refractivity contribution in [3.05, 3.63) is 11.3 Å². The maximum atomic E-state index is 11.6. The average Bonchev–Trinajstić information content (AvgIpc) is 2.68. The van der Waals surface area contributed by atoms with Gasteiger partial charge < -0.3 is 0 Å². The molecule has 3 nitrogen and oxygen atoms in total. The Morgan fingerprint density at radius 1 is 1.28 bits per heavy atom. The van der Waals surface area contributed by atoms with Gasteiger partial charge in [0.2, 0.25) is 10.0 Å². The highest BCUT2D eigenvalue weighted by atomic mass is 32.2. The maximum absolute atomic E-state index is 11.6. The Kier molecular flexibility index (Phi) is 5.20. The predicted octanol–water partition coefficient (Wildman–Crippen LogP) is 2.87. The van der Waals surface area contributed by atoms with E-state index < -0.39 is 18.1 Å². The van der Waals surface area contributed by atoms with Gasteiger partial charge in [-0.3, -0.25) is 0 Å². The molecule has 106 valence electrons. The summed E-state index contributed by atoms with van der Waals surface area (Å²) in [5, 5.41) is 0. The van der Waals surface area contributed by atoms with E-state index in [0.29, 0.717) is 19.0 Å². The molecule has 0 aromatic heterocycles. The summed E-state index contributed by atoms with van der Waals surface area (Å²) in [6.45, 7) is 10.3. The van der Waals surface area contributed by atoms with Crippen LogP contribution in [0.25, 0.3) is 0 Å². The van der Waals surface area contributed by atoms with E-state index in [2.05, 4.69) is 33.4 Å². The van der Waals surface area contributed by atoms with Crippen LogP contribution in [0.3, 0.4) is 0 Å². The highest BCUT2D eigenvalue weighted by Crippen LogP contribution is 2.30. The predicted molar refractivity (Wildman–Crippen MR) is 80.9 cm³/mol. The lowest BCUT2D eigenvalue weighted by atomic mass is 10.1. The fourth-order valence-electron chi connectivity index (χ4n) is 2.74. The third-order valence-electron chi connectivity index (χ3n) is 4.54. The highest BCUT2D eigenvalue weighted by Gasteiger charge is 2.33. The number of hydrogen-bond donors (Lipinski definition) is 0. The van der Waals surface area contributed by atoms with E-state index in [1.54, 1.807) is 4.31 Å². The van der Waals surface area contributed by atoms with E-state index in [-0.39, 0.29) is 0 Å². The second-order valence-corrected chi connectivity index (χ2v) is 12.7. The Balaban J connectivity index is 2.97. The number of sulfonamides is 1. The van der Waals surface area contributed by atoms with Crippen molar-refractivity contribution in [2.45, 2.75) is 45.8 Å². The minimum absolute atomic E-state index is 0.385. The van der Waals surface area contributed by atoms with Gasteiger partial charge in [0.1, 0.15) is 0 Å². The molecule has 18 heavy (non-hydrogen) atoms. The van der Waals surface area contributed by atoms with E-state index in [4.69, 9.17) is 0 Å². The molecule has 0 amide bonds. The first-order valence-corrected chi connectivity index (χ1v) is 11.5. The van der Waals surface area contributed by atoms with Crippen LogP contribution in [0, 0.1) is 5.92 Å². The zero-order valence-electron chi connectivity index (χ0n) is 12.4. The summed E-state index contributed by atoms with van der Waals surface area (Å²) >= 11 is 0. The van der Waals surface area contributed by atoms with Crippen LogP contribution >= 0.6 is 0 Å². The minimum Gasteiger partial charge on any atom is -0.212 e. The first-order valence-electron chi connectivity index (χ1n) is 6.94. The Morgan fingerprint density at radius 2 is 1.78 bits per heavy atom. The van der Waals surface area contributed by atoms with Crippen molar-refractivity contribution < 1.29 is 8.42 Å². The van der Waals surface area contributed by atoms with Crippen molar-refractivity contribution in [3.63, 3.8) is 0 Å². The number of nitrogens with zero attached hydrogens (tertiary/aromatic N) is 1. The fourth-order valence-corrected chi connectivity index (χ4v) is 6.89. The van der Waals surface area contributed by atoms with Gasteiger partial charge in [0.25, 0.3) is 0 Å². The Hall–Kier alpha value is -0.133. The summed E-state index contributed by atoms with van der Waals surface area (Å²) in [4.78, 5) is 0. The van der Waals surface area contributed by atoms with E-state index in [9.17, 15) is 8.42 Å². The summed E-state index contributed by atoms with van der Waals surface area (Å²) in [6, 6.07) is 3.78. The zero-order chi connectivity index (χ0) is 14.0. The molecule has 1 saturated heterocycles. The largest absolute Gasteiger partial charge is 0.212 e. The third kappa shape index (κ3) is 3.45. The smallest absolute Gasteiger partial charge is 0.211 e. The van der Waals surface area contributed by atoms with Crippen molar-refractivity contribution in [1.29, 1.82) is 0 Å². The summed E-state index contributed by atoms with van der Waals surface area (Å²) in [7, 11) is -4.33. The molecule has 1 rings (SSSR count).